The number of hydrogen-bond acceptors (Lipinski definition) is 6. The minimum Gasteiger partial charge on any atom is -0.465 e. The van der Waals surface area contributed by atoms with Gasteiger partial charge in [0.25, 0.3) is 0 Å². The summed E-state index contributed by atoms with van der Waals surface area (Å²) in [5.41, 5.74) is -1.68. The predicted octanol–water partition coefficient (Wildman–Crippen LogP) is 0.650. The van der Waals surface area contributed by atoms with Gasteiger partial charge >= 0.3 is 5.97 Å². The van der Waals surface area contributed by atoms with Crippen molar-refractivity contribution < 1.29 is 29.0 Å². The van der Waals surface area contributed by atoms with E-state index in [1.54, 1.807) is 4.90 Å². The normalized spacial score (nSPS) is 36.1. The largest absolute Gasteiger partial charge is 0.465 e. The lowest BCUT2D eigenvalue weighted by Gasteiger charge is -2.40. The van der Waals surface area contributed by atoms with E-state index in [4.69, 9.17) is 9.47 Å². The van der Waals surface area contributed by atoms with E-state index in [0.29, 0.717) is 19.4 Å². The Morgan fingerprint density at radius 3 is 2.67 bits per heavy atom. The van der Waals surface area contributed by atoms with E-state index in [-0.39, 0.29) is 31.6 Å². The molecule has 4 aliphatic rings. The molecule has 8 nitrogen and oxygen atoms in total. The van der Waals surface area contributed by atoms with E-state index in [1.165, 1.54) is 4.90 Å². The van der Waals surface area contributed by atoms with E-state index >= 15 is 0 Å². The molecular formula is C22H30N2O6. The number of carbonyl (C=O) groups is 3. The average Bonchev–Trinajstić information content (AvgIpc) is 3.03. The number of nitrogens with zero attached hydrogens (tertiary/aromatic N) is 2. The SMILES string of the molecule is CC(C)(C)N1CC=C[C@]23O[C@H]4C=CCCOC(=O)[C@H]4[C@H]2C(=O)N(CCCO)C3C1=O. The zero-order chi connectivity index (χ0) is 21.7. The fourth-order valence-electron chi connectivity index (χ4n) is 5.19. The highest BCUT2D eigenvalue weighted by atomic mass is 16.6. The number of likely N-dealkylation sites (tertiary alicyclic amines) is 1. The number of hydrogen-bond donors (Lipinski definition) is 1. The van der Waals surface area contributed by atoms with Crippen LogP contribution in [0, 0.1) is 11.8 Å². The molecule has 4 heterocycles. The lowest BCUT2D eigenvalue weighted by Crippen LogP contribution is -2.58. The van der Waals surface area contributed by atoms with Gasteiger partial charge in [-0.1, -0.05) is 24.3 Å². The monoisotopic (exact) mass is 418 g/mol. The lowest BCUT2D eigenvalue weighted by molar-refractivity contribution is -0.155. The van der Waals surface area contributed by atoms with Gasteiger partial charge in [0.1, 0.15) is 17.6 Å². The van der Waals surface area contributed by atoms with Crippen LogP contribution in [0.5, 0.6) is 0 Å². The van der Waals surface area contributed by atoms with Gasteiger partial charge in [-0.15, -0.1) is 0 Å². The van der Waals surface area contributed by atoms with E-state index < -0.39 is 41.1 Å². The molecule has 164 valence electrons. The highest BCUT2D eigenvalue weighted by molar-refractivity contribution is 5.99. The van der Waals surface area contributed by atoms with Crippen molar-refractivity contribution in [3.8, 4) is 0 Å². The molecule has 0 saturated carbocycles. The number of aliphatic hydroxyl groups excluding tert-OH is 1. The Morgan fingerprint density at radius 2 is 1.97 bits per heavy atom. The van der Waals surface area contributed by atoms with Crippen molar-refractivity contribution in [2.45, 2.75) is 56.9 Å². The maximum Gasteiger partial charge on any atom is 0.312 e. The third kappa shape index (κ3) is 3.08. The van der Waals surface area contributed by atoms with Crippen LogP contribution in [-0.4, -0.2) is 82.3 Å². The minimum atomic E-state index is -1.23. The summed E-state index contributed by atoms with van der Waals surface area (Å²) >= 11 is 0. The standard InChI is InChI=1S/C22H30N2O6/c1-21(2,3)24-11-6-9-22-16(15-14(30-22)8-4-5-13-29-20(15)28)18(26)23(10-7-12-25)17(22)19(24)27/h4,6,8-9,14-17,25H,5,7,10-13H2,1-3H3/t14-,15+,16-,17?,22-/m0/s1. The minimum absolute atomic E-state index is 0.0983. The Morgan fingerprint density at radius 1 is 1.20 bits per heavy atom. The van der Waals surface area contributed by atoms with Gasteiger partial charge in [0.15, 0.2) is 0 Å². The van der Waals surface area contributed by atoms with Gasteiger partial charge in [0.2, 0.25) is 11.8 Å². The van der Waals surface area contributed by atoms with Crippen molar-refractivity contribution in [1.82, 2.24) is 9.80 Å². The van der Waals surface area contributed by atoms with Crippen molar-refractivity contribution in [2.75, 3.05) is 26.3 Å². The molecule has 0 aromatic carbocycles. The third-order valence-corrected chi connectivity index (χ3v) is 6.49. The van der Waals surface area contributed by atoms with E-state index in [0.717, 1.165) is 0 Å². The number of cyclic esters (lactones) is 1. The average molecular weight is 418 g/mol. The van der Waals surface area contributed by atoms with Crippen molar-refractivity contribution in [2.24, 2.45) is 11.8 Å². The predicted molar refractivity (Wildman–Crippen MR) is 107 cm³/mol. The van der Waals surface area contributed by atoms with Crippen LogP contribution < -0.4 is 0 Å². The Labute approximate surface area is 176 Å². The number of aliphatic hydroxyl groups is 1. The molecule has 0 bridgehead atoms. The Hall–Kier alpha value is -2.19. The maximum atomic E-state index is 13.8. The van der Waals surface area contributed by atoms with Gasteiger partial charge < -0.3 is 24.4 Å². The molecule has 0 radical (unpaired) electrons. The molecule has 1 N–H and O–H groups in total. The first-order chi connectivity index (χ1) is 14.2. The van der Waals surface area contributed by atoms with Gasteiger partial charge in [-0.2, -0.15) is 0 Å². The quantitative estimate of drug-likeness (QED) is 0.534. The van der Waals surface area contributed by atoms with Gasteiger partial charge in [0.05, 0.1) is 18.6 Å². The molecule has 0 aromatic heterocycles. The van der Waals surface area contributed by atoms with Crippen molar-refractivity contribution in [3.05, 3.63) is 24.3 Å². The molecule has 2 amide bonds. The molecule has 8 heteroatoms. The second-order valence-electron chi connectivity index (χ2n) is 9.36. The number of esters is 1. The summed E-state index contributed by atoms with van der Waals surface area (Å²) in [6.07, 6.45) is 7.72. The van der Waals surface area contributed by atoms with Crippen LogP contribution in [-0.2, 0) is 23.9 Å². The molecule has 4 rings (SSSR count). The summed E-state index contributed by atoms with van der Waals surface area (Å²) in [5, 5.41) is 9.35. The second-order valence-corrected chi connectivity index (χ2v) is 9.36. The summed E-state index contributed by atoms with van der Waals surface area (Å²) in [7, 11) is 0. The summed E-state index contributed by atoms with van der Waals surface area (Å²) in [5.74, 6) is -2.58. The second kappa shape index (κ2) is 7.50. The number of rotatable bonds is 3. The van der Waals surface area contributed by atoms with Crippen molar-refractivity contribution >= 4 is 17.8 Å². The van der Waals surface area contributed by atoms with Crippen LogP contribution in [0.2, 0.25) is 0 Å². The third-order valence-electron chi connectivity index (χ3n) is 6.49. The van der Waals surface area contributed by atoms with Gasteiger partial charge in [-0.05, 0) is 33.6 Å². The van der Waals surface area contributed by atoms with Crippen LogP contribution in [0.1, 0.15) is 33.6 Å². The van der Waals surface area contributed by atoms with Crippen LogP contribution in [0.25, 0.3) is 0 Å². The fourth-order valence-corrected chi connectivity index (χ4v) is 5.19. The molecule has 1 spiro atoms. The van der Waals surface area contributed by atoms with E-state index in [1.807, 2.05) is 45.1 Å². The van der Waals surface area contributed by atoms with Crippen LogP contribution in [0.4, 0.5) is 0 Å². The van der Waals surface area contributed by atoms with Gasteiger partial charge in [-0.3, -0.25) is 14.4 Å². The maximum absolute atomic E-state index is 13.8. The number of ether oxygens (including phenoxy) is 2. The molecule has 0 aliphatic carbocycles. The first kappa shape index (κ1) is 21.1. The highest BCUT2D eigenvalue weighted by Gasteiger charge is 2.71. The first-order valence-electron chi connectivity index (χ1n) is 10.6. The van der Waals surface area contributed by atoms with Gasteiger partial charge in [0, 0.05) is 25.2 Å². The zero-order valence-electron chi connectivity index (χ0n) is 17.7. The summed E-state index contributed by atoms with van der Waals surface area (Å²) in [6, 6.07) is -0.881. The summed E-state index contributed by atoms with van der Waals surface area (Å²) < 4.78 is 11.8. The van der Waals surface area contributed by atoms with E-state index in [9.17, 15) is 19.5 Å². The van der Waals surface area contributed by atoms with Crippen molar-refractivity contribution in [1.29, 1.82) is 0 Å². The molecule has 30 heavy (non-hydrogen) atoms. The molecule has 4 aliphatic heterocycles. The van der Waals surface area contributed by atoms with E-state index in [2.05, 4.69) is 0 Å². The molecule has 0 aromatic rings. The molecular weight excluding hydrogens is 388 g/mol. The lowest BCUT2D eigenvalue weighted by atomic mass is 9.77. The smallest absolute Gasteiger partial charge is 0.312 e. The first-order valence-corrected chi connectivity index (χ1v) is 10.6. The number of amides is 2. The fraction of sp³-hybridized carbons (Fsp3) is 0.682. The van der Waals surface area contributed by atoms with Crippen molar-refractivity contribution in [3.63, 3.8) is 0 Å². The summed E-state index contributed by atoms with van der Waals surface area (Å²) in [4.78, 5) is 43.5. The molecule has 2 fully saturated rings. The Kier molecular flexibility index (Phi) is 5.26. The Bertz CT molecular complexity index is 800. The molecule has 5 atom stereocenters. The highest BCUT2D eigenvalue weighted by Crippen LogP contribution is 2.53. The number of fused-ring (bicyclic) bond motifs is 2. The number of carbonyl (C=O) groups excluding carboxylic acids is 3. The summed E-state index contributed by atoms with van der Waals surface area (Å²) in [6.45, 7) is 6.64. The zero-order valence-corrected chi connectivity index (χ0v) is 17.7. The van der Waals surface area contributed by atoms with Crippen LogP contribution in [0.15, 0.2) is 24.3 Å². The van der Waals surface area contributed by atoms with Crippen LogP contribution in [0.3, 0.4) is 0 Å². The Balaban J connectivity index is 1.83. The topological polar surface area (TPSA) is 96.4 Å². The van der Waals surface area contributed by atoms with Gasteiger partial charge in [-0.25, -0.2) is 0 Å². The molecule has 2 saturated heterocycles. The molecule has 1 unspecified atom stereocenters. The van der Waals surface area contributed by atoms with Crippen LogP contribution >= 0.6 is 0 Å².